The van der Waals surface area contributed by atoms with E-state index in [1.807, 2.05) is 19.9 Å². The van der Waals surface area contributed by atoms with Crippen LogP contribution in [0.25, 0.3) is 0 Å². The zero-order valence-electron chi connectivity index (χ0n) is 17.8. The number of phenols is 2. The lowest BCUT2D eigenvalue weighted by Crippen LogP contribution is -2.32. The van der Waals surface area contributed by atoms with Crippen molar-refractivity contribution in [2.75, 3.05) is 0 Å². The van der Waals surface area contributed by atoms with E-state index in [9.17, 15) is 15.0 Å². The summed E-state index contributed by atoms with van der Waals surface area (Å²) in [5.74, 6) is -0.277. The van der Waals surface area contributed by atoms with E-state index in [1.165, 1.54) is 25.3 Å². The lowest BCUT2D eigenvalue weighted by atomic mass is 9.78. The Morgan fingerprint density at radius 3 is 2.30 bits per heavy atom. The van der Waals surface area contributed by atoms with Crippen LogP contribution in [0.1, 0.15) is 97.5 Å². The number of unbranched alkanes of at least 4 members (excludes halogenated alkanes) is 3. The average Bonchev–Trinajstić information content (AvgIpc) is 2.64. The summed E-state index contributed by atoms with van der Waals surface area (Å²) < 4.78 is 5.84. The number of hydrogen-bond donors (Lipinski definition) is 2. The predicted molar refractivity (Wildman–Crippen MR) is 110 cm³/mol. The highest BCUT2D eigenvalue weighted by molar-refractivity contribution is 5.76. The van der Waals surface area contributed by atoms with Gasteiger partial charge in [-0.2, -0.15) is 0 Å². The van der Waals surface area contributed by atoms with E-state index in [4.69, 9.17) is 4.74 Å². The Morgan fingerprint density at radius 1 is 1.04 bits per heavy atom. The number of carbonyl (C=O) groups is 1. The van der Waals surface area contributed by atoms with Crippen LogP contribution in [0.5, 0.6) is 11.5 Å². The fraction of sp³-hybridized carbons (Fsp3) is 0.696. The third kappa shape index (κ3) is 7.43. The highest BCUT2D eigenvalue weighted by Gasteiger charge is 2.34. The van der Waals surface area contributed by atoms with Crippen molar-refractivity contribution in [3.05, 3.63) is 23.8 Å². The SMILES string of the molecule is CCCCCCC(CC)OC(=O)C(C)(C)CC(CC)c1ccc(O)c(O)c1. The van der Waals surface area contributed by atoms with Gasteiger partial charge in [0.25, 0.3) is 0 Å². The number of hydrogen-bond acceptors (Lipinski definition) is 4. The van der Waals surface area contributed by atoms with Crippen LogP contribution in [0, 0.1) is 5.41 Å². The molecule has 1 aromatic carbocycles. The second-order valence-corrected chi connectivity index (χ2v) is 8.23. The van der Waals surface area contributed by atoms with Gasteiger partial charge >= 0.3 is 5.97 Å². The average molecular weight is 379 g/mol. The highest BCUT2D eigenvalue weighted by atomic mass is 16.5. The van der Waals surface area contributed by atoms with Gasteiger partial charge in [-0.1, -0.05) is 46.1 Å². The molecule has 1 rings (SSSR count). The molecule has 0 spiro atoms. The summed E-state index contributed by atoms with van der Waals surface area (Å²) >= 11 is 0. The van der Waals surface area contributed by atoms with Crippen LogP contribution >= 0.6 is 0 Å². The zero-order valence-corrected chi connectivity index (χ0v) is 17.8. The summed E-state index contributed by atoms with van der Waals surface area (Å²) in [6.45, 7) is 10.2. The van der Waals surface area contributed by atoms with Crippen LogP contribution in [0.15, 0.2) is 18.2 Å². The topological polar surface area (TPSA) is 66.8 Å². The summed E-state index contributed by atoms with van der Waals surface area (Å²) in [4.78, 5) is 12.8. The lowest BCUT2D eigenvalue weighted by molar-refractivity contribution is -0.160. The van der Waals surface area contributed by atoms with Crippen molar-refractivity contribution < 1.29 is 19.7 Å². The fourth-order valence-corrected chi connectivity index (χ4v) is 3.45. The number of carbonyl (C=O) groups excluding carboxylic acids is 1. The maximum Gasteiger partial charge on any atom is 0.311 e. The summed E-state index contributed by atoms with van der Waals surface area (Å²) in [6, 6.07) is 4.91. The molecule has 2 N–H and O–H groups in total. The van der Waals surface area contributed by atoms with Crippen molar-refractivity contribution in [3.8, 4) is 11.5 Å². The van der Waals surface area contributed by atoms with Crippen LogP contribution in [0.4, 0.5) is 0 Å². The standard InChI is InChI=1S/C23H38O4/c1-6-9-10-11-12-19(8-3)27-22(26)23(4,5)16-17(7-2)18-13-14-20(24)21(25)15-18/h13-15,17,19,24-25H,6-12,16H2,1-5H3. The fourth-order valence-electron chi connectivity index (χ4n) is 3.45. The molecular formula is C23H38O4. The van der Waals surface area contributed by atoms with Gasteiger partial charge in [-0.05, 0) is 69.6 Å². The molecule has 0 aromatic heterocycles. The highest BCUT2D eigenvalue weighted by Crippen LogP contribution is 2.38. The minimum atomic E-state index is -0.606. The van der Waals surface area contributed by atoms with Crippen molar-refractivity contribution in [1.82, 2.24) is 0 Å². The van der Waals surface area contributed by atoms with E-state index in [-0.39, 0.29) is 29.5 Å². The van der Waals surface area contributed by atoms with E-state index in [1.54, 1.807) is 6.07 Å². The number of rotatable bonds is 12. The van der Waals surface area contributed by atoms with Gasteiger partial charge in [0, 0.05) is 0 Å². The maximum absolute atomic E-state index is 12.8. The molecule has 2 atom stereocenters. The van der Waals surface area contributed by atoms with E-state index in [0.717, 1.165) is 31.2 Å². The van der Waals surface area contributed by atoms with Gasteiger partial charge in [-0.15, -0.1) is 0 Å². The first-order valence-electron chi connectivity index (χ1n) is 10.5. The van der Waals surface area contributed by atoms with Gasteiger partial charge in [-0.25, -0.2) is 0 Å². The van der Waals surface area contributed by atoms with Crippen molar-refractivity contribution in [2.45, 2.75) is 98.0 Å². The molecule has 0 heterocycles. The predicted octanol–water partition coefficient (Wildman–Crippen LogP) is 6.30. The first-order valence-corrected chi connectivity index (χ1v) is 10.5. The minimum Gasteiger partial charge on any atom is -0.504 e. The molecule has 0 saturated carbocycles. The molecule has 4 nitrogen and oxygen atoms in total. The van der Waals surface area contributed by atoms with Gasteiger partial charge in [0.2, 0.25) is 0 Å². The van der Waals surface area contributed by atoms with Gasteiger partial charge in [0.15, 0.2) is 11.5 Å². The number of phenolic OH excluding ortho intramolecular Hbond substituents is 2. The van der Waals surface area contributed by atoms with Crippen LogP contribution < -0.4 is 0 Å². The number of aromatic hydroxyl groups is 2. The molecule has 0 saturated heterocycles. The smallest absolute Gasteiger partial charge is 0.311 e. The maximum atomic E-state index is 12.8. The minimum absolute atomic E-state index is 0.00794. The monoisotopic (exact) mass is 378 g/mol. The van der Waals surface area contributed by atoms with Crippen LogP contribution in [0.2, 0.25) is 0 Å². The van der Waals surface area contributed by atoms with E-state index in [0.29, 0.717) is 6.42 Å². The van der Waals surface area contributed by atoms with Crippen molar-refractivity contribution in [2.24, 2.45) is 5.41 Å². The van der Waals surface area contributed by atoms with Crippen LogP contribution in [-0.2, 0) is 9.53 Å². The second kappa shape index (κ2) is 11.2. The third-order valence-electron chi connectivity index (χ3n) is 5.38. The molecule has 154 valence electrons. The Hall–Kier alpha value is -1.71. The molecule has 0 aliphatic rings. The molecule has 1 aromatic rings. The van der Waals surface area contributed by atoms with Crippen LogP contribution in [-0.4, -0.2) is 22.3 Å². The zero-order chi connectivity index (χ0) is 20.4. The molecule has 0 bridgehead atoms. The Morgan fingerprint density at radius 2 is 1.74 bits per heavy atom. The lowest BCUT2D eigenvalue weighted by Gasteiger charge is -2.30. The normalized spacial score (nSPS) is 14.0. The first-order chi connectivity index (χ1) is 12.7. The number of benzene rings is 1. The Bertz CT molecular complexity index is 580. The molecule has 4 heteroatoms. The van der Waals surface area contributed by atoms with E-state index >= 15 is 0 Å². The Kier molecular flexibility index (Phi) is 9.68. The van der Waals surface area contributed by atoms with E-state index in [2.05, 4.69) is 20.8 Å². The molecule has 2 unspecified atom stereocenters. The van der Waals surface area contributed by atoms with E-state index < -0.39 is 5.41 Å². The third-order valence-corrected chi connectivity index (χ3v) is 5.38. The molecular weight excluding hydrogens is 340 g/mol. The van der Waals surface area contributed by atoms with Gasteiger partial charge < -0.3 is 14.9 Å². The van der Waals surface area contributed by atoms with Gasteiger partial charge in [0.05, 0.1) is 5.41 Å². The second-order valence-electron chi connectivity index (χ2n) is 8.23. The summed E-state index contributed by atoms with van der Waals surface area (Å²) in [7, 11) is 0. The molecule has 0 radical (unpaired) electrons. The quantitative estimate of drug-likeness (QED) is 0.254. The largest absolute Gasteiger partial charge is 0.504 e. The first kappa shape index (κ1) is 23.3. The van der Waals surface area contributed by atoms with Crippen LogP contribution in [0.3, 0.4) is 0 Å². The molecule has 27 heavy (non-hydrogen) atoms. The summed E-state index contributed by atoms with van der Waals surface area (Å²) in [5, 5.41) is 19.3. The van der Waals surface area contributed by atoms with Crippen molar-refractivity contribution in [3.63, 3.8) is 0 Å². The van der Waals surface area contributed by atoms with Gasteiger partial charge in [-0.3, -0.25) is 4.79 Å². The summed E-state index contributed by atoms with van der Waals surface area (Å²) in [5.41, 5.74) is 0.325. The van der Waals surface area contributed by atoms with Crippen molar-refractivity contribution >= 4 is 5.97 Å². The molecule has 0 aliphatic carbocycles. The van der Waals surface area contributed by atoms with Crippen molar-refractivity contribution in [1.29, 1.82) is 0 Å². The molecule has 0 amide bonds. The number of ether oxygens (including phenoxy) is 1. The van der Waals surface area contributed by atoms with Gasteiger partial charge in [0.1, 0.15) is 6.10 Å². The number of esters is 1. The Balaban J connectivity index is 2.71. The Labute approximate surface area is 164 Å². The molecule has 0 fully saturated rings. The summed E-state index contributed by atoms with van der Waals surface area (Å²) in [6.07, 6.45) is 7.97. The molecule has 0 aliphatic heterocycles.